The molecule has 0 fully saturated rings. The largest absolute Gasteiger partial charge is 0.346 e. The van der Waals surface area contributed by atoms with Crippen LogP contribution in [-0.4, -0.2) is 15.9 Å². The van der Waals surface area contributed by atoms with Crippen molar-refractivity contribution in [1.29, 1.82) is 0 Å². The zero-order valence-electron chi connectivity index (χ0n) is 19.5. The summed E-state index contributed by atoms with van der Waals surface area (Å²) in [7, 11) is 0. The molecule has 1 aromatic heterocycles. The molecule has 0 unspecified atom stereocenters. The van der Waals surface area contributed by atoms with Crippen molar-refractivity contribution in [2.75, 3.05) is 0 Å². The summed E-state index contributed by atoms with van der Waals surface area (Å²) in [5.41, 5.74) is 11.5. The van der Waals surface area contributed by atoms with E-state index in [1.165, 1.54) is 27.8 Å². The van der Waals surface area contributed by atoms with E-state index in [4.69, 9.17) is 28.2 Å². The Hall–Kier alpha value is -1.84. The molecule has 0 saturated heterocycles. The van der Waals surface area contributed by atoms with E-state index in [1.54, 1.807) is 0 Å². The Kier molecular flexibility index (Phi) is 7.82. The van der Waals surface area contributed by atoms with Crippen LogP contribution in [-0.2, 0) is 12.8 Å². The monoisotopic (exact) mass is 457 g/mol. The quantitative estimate of drug-likeness (QED) is 0.407. The molecule has 2 aliphatic rings. The van der Waals surface area contributed by atoms with Crippen molar-refractivity contribution in [3.8, 4) is 0 Å². The standard InChI is InChI=1S/C26H33Cl2N3/c1-7-15-16(8-2)22(14-24-18(10-4)20(12-6)26(28)31-24)29-21(15)13-23-17(9-3)19(11-5)25(27)30-23/h13-14,30H,7-12H2,1-6H3/b21-13-,24-14+. The van der Waals surface area contributed by atoms with E-state index in [1.807, 2.05) is 0 Å². The molecule has 0 amide bonds. The number of rotatable bonds is 8. The molecule has 3 rings (SSSR count). The molecule has 0 radical (unpaired) electrons. The third kappa shape index (κ3) is 4.40. The number of halogens is 2. The van der Waals surface area contributed by atoms with Gasteiger partial charge in [0.1, 0.15) is 10.3 Å². The minimum atomic E-state index is 0.624. The van der Waals surface area contributed by atoms with Crippen LogP contribution in [0.25, 0.3) is 6.08 Å². The van der Waals surface area contributed by atoms with Crippen LogP contribution in [0, 0.1) is 0 Å². The first-order valence-electron chi connectivity index (χ1n) is 11.5. The molecule has 0 saturated carbocycles. The van der Waals surface area contributed by atoms with Crippen molar-refractivity contribution in [3.05, 3.63) is 61.7 Å². The highest BCUT2D eigenvalue weighted by Crippen LogP contribution is 2.36. The summed E-state index contributed by atoms with van der Waals surface area (Å²) in [6.45, 7) is 13.0. The Morgan fingerprint density at radius 2 is 1.19 bits per heavy atom. The lowest BCUT2D eigenvalue weighted by atomic mass is 9.97. The Bertz CT molecular complexity index is 1060. The number of aromatic amines is 1. The van der Waals surface area contributed by atoms with E-state index in [9.17, 15) is 0 Å². The Morgan fingerprint density at radius 1 is 0.645 bits per heavy atom. The maximum Gasteiger partial charge on any atom is 0.133 e. The summed E-state index contributed by atoms with van der Waals surface area (Å²) >= 11 is 12.9. The number of H-pyrrole nitrogens is 1. The topological polar surface area (TPSA) is 40.5 Å². The van der Waals surface area contributed by atoms with Crippen LogP contribution >= 0.6 is 23.2 Å². The minimum Gasteiger partial charge on any atom is -0.346 e. The molecular weight excluding hydrogens is 425 g/mol. The van der Waals surface area contributed by atoms with Gasteiger partial charge in [0.05, 0.1) is 17.1 Å². The number of hydrogen-bond acceptors (Lipinski definition) is 2. The molecule has 3 nitrogen and oxygen atoms in total. The summed E-state index contributed by atoms with van der Waals surface area (Å²) in [4.78, 5) is 13.1. The lowest BCUT2D eigenvalue weighted by Gasteiger charge is -2.06. The van der Waals surface area contributed by atoms with E-state index < -0.39 is 0 Å². The second-order valence-electron chi connectivity index (χ2n) is 7.80. The second kappa shape index (κ2) is 10.2. The first-order chi connectivity index (χ1) is 14.9. The molecule has 1 N–H and O–H groups in total. The van der Waals surface area contributed by atoms with Gasteiger partial charge in [-0.2, -0.15) is 0 Å². The zero-order valence-corrected chi connectivity index (χ0v) is 21.1. The molecule has 0 aromatic carbocycles. The first-order valence-corrected chi connectivity index (χ1v) is 12.3. The number of allylic oxidation sites excluding steroid dienone is 5. The van der Waals surface area contributed by atoms with Crippen LogP contribution in [0.2, 0.25) is 5.15 Å². The van der Waals surface area contributed by atoms with Crippen molar-refractivity contribution in [3.63, 3.8) is 0 Å². The van der Waals surface area contributed by atoms with Gasteiger partial charge < -0.3 is 4.98 Å². The van der Waals surface area contributed by atoms with Gasteiger partial charge in [-0.15, -0.1) is 0 Å². The third-order valence-corrected chi connectivity index (χ3v) is 6.87. The van der Waals surface area contributed by atoms with Crippen LogP contribution < -0.4 is 0 Å². The molecular formula is C26H33Cl2N3. The van der Waals surface area contributed by atoms with E-state index in [2.05, 4.69) is 63.7 Å². The van der Waals surface area contributed by atoms with E-state index in [0.717, 1.165) is 72.1 Å². The summed E-state index contributed by atoms with van der Waals surface area (Å²) < 4.78 is 0. The van der Waals surface area contributed by atoms with Crippen molar-refractivity contribution in [2.24, 2.45) is 9.98 Å². The van der Waals surface area contributed by atoms with E-state index in [0.29, 0.717) is 5.17 Å². The van der Waals surface area contributed by atoms with Gasteiger partial charge in [0, 0.05) is 5.69 Å². The Labute approximate surface area is 196 Å². The smallest absolute Gasteiger partial charge is 0.133 e. The molecule has 5 heteroatoms. The highest BCUT2D eigenvalue weighted by molar-refractivity contribution is 6.70. The molecule has 0 bridgehead atoms. The Balaban J connectivity index is 2.13. The highest BCUT2D eigenvalue weighted by Gasteiger charge is 2.25. The van der Waals surface area contributed by atoms with Gasteiger partial charge >= 0.3 is 0 Å². The molecule has 0 spiro atoms. The molecule has 31 heavy (non-hydrogen) atoms. The van der Waals surface area contributed by atoms with Crippen LogP contribution in [0.4, 0.5) is 0 Å². The number of aromatic nitrogens is 1. The SMILES string of the molecule is CCC1=C(CC)/C(=C/c2[nH]c(Cl)c(CC)c2CC)N=C1/C=C1/N=C(Cl)C(CC)=C1CC. The highest BCUT2D eigenvalue weighted by atomic mass is 35.5. The maximum absolute atomic E-state index is 6.48. The number of aliphatic imine (C=N–C) groups is 2. The van der Waals surface area contributed by atoms with Crippen molar-refractivity contribution >= 4 is 40.2 Å². The second-order valence-corrected chi connectivity index (χ2v) is 8.54. The van der Waals surface area contributed by atoms with Gasteiger partial charge in [0.25, 0.3) is 0 Å². The van der Waals surface area contributed by atoms with E-state index in [-0.39, 0.29) is 0 Å². The summed E-state index contributed by atoms with van der Waals surface area (Å²) in [5.74, 6) is 0. The number of hydrogen-bond donors (Lipinski definition) is 1. The average Bonchev–Trinajstić information content (AvgIpc) is 3.36. The summed E-state index contributed by atoms with van der Waals surface area (Å²) in [6.07, 6.45) is 9.82. The molecule has 0 aliphatic carbocycles. The van der Waals surface area contributed by atoms with Gasteiger partial charge in [-0.3, -0.25) is 0 Å². The molecule has 1 aromatic rings. The van der Waals surface area contributed by atoms with Gasteiger partial charge in [0.2, 0.25) is 0 Å². The van der Waals surface area contributed by atoms with Crippen LogP contribution in [0.5, 0.6) is 0 Å². The minimum absolute atomic E-state index is 0.624. The average molecular weight is 458 g/mol. The molecule has 2 aliphatic heterocycles. The van der Waals surface area contributed by atoms with Crippen molar-refractivity contribution in [2.45, 2.75) is 80.1 Å². The van der Waals surface area contributed by atoms with Crippen molar-refractivity contribution < 1.29 is 0 Å². The number of nitrogens with one attached hydrogen (secondary N) is 1. The third-order valence-electron chi connectivity index (χ3n) is 6.24. The van der Waals surface area contributed by atoms with Gasteiger partial charge in [-0.05, 0) is 84.1 Å². The summed E-state index contributed by atoms with van der Waals surface area (Å²) in [5, 5.41) is 1.37. The van der Waals surface area contributed by atoms with Crippen LogP contribution in [0.3, 0.4) is 0 Å². The lowest BCUT2D eigenvalue weighted by molar-refractivity contribution is 1.05. The fourth-order valence-corrected chi connectivity index (χ4v) is 5.41. The molecule has 0 atom stereocenters. The summed E-state index contributed by atoms with van der Waals surface area (Å²) in [6, 6.07) is 0. The Morgan fingerprint density at radius 3 is 1.74 bits per heavy atom. The predicted octanol–water partition coefficient (Wildman–Crippen LogP) is 8.36. The number of nitrogens with zero attached hydrogens (tertiary/aromatic N) is 2. The lowest BCUT2D eigenvalue weighted by Crippen LogP contribution is -1.98. The maximum atomic E-state index is 6.48. The van der Waals surface area contributed by atoms with Gasteiger partial charge in [-0.1, -0.05) is 64.7 Å². The van der Waals surface area contributed by atoms with E-state index >= 15 is 0 Å². The molecule has 166 valence electrons. The molecule has 3 heterocycles. The first kappa shape index (κ1) is 23.8. The van der Waals surface area contributed by atoms with Gasteiger partial charge in [0.15, 0.2) is 0 Å². The normalized spacial score (nSPS) is 19.4. The fourth-order valence-electron chi connectivity index (χ4n) is 4.72. The van der Waals surface area contributed by atoms with Crippen LogP contribution in [0.1, 0.15) is 84.0 Å². The van der Waals surface area contributed by atoms with Gasteiger partial charge in [-0.25, -0.2) is 9.98 Å². The predicted molar refractivity (Wildman–Crippen MR) is 137 cm³/mol. The van der Waals surface area contributed by atoms with Crippen molar-refractivity contribution in [1.82, 2.24) is 4.98 Å². The zero-order chi connectivity index (χ0) is 22.7. The van der Waals surface area contributed by atoms with Crippen LogP contribution in [0.15, 0.2) is 49.7 Å². The fraction of sp³-hybridized carbons (Fsp3) is 0.462.